The van der Waals surface area contributed by atoms with Gasteiger partial charge in [-0.1, -0.05) is 12.6 Å². The van der Waals surface area contributed by atoms with E-state index >= 15 is 0 Å². The standard InChI is InChI=1S/C9H6BrIO/c1-2-8(12)6-4-3-5-7(10)9(6)11/h2-5H,1H2. The quantitative estimate of drug-likeness (QED) is 0.459. The third-order valence-electron chi connectivity index (χ3n) is 1.40. The molecule has 1 nitrogen and oxygen atoms in total. The molecule has 0 saturated carbocycles. The SMILES string of the molecule is C=CC(=O)c1cccc(Br)c1I. The Morgan fingerprint density at radius 1 is 1.58 bits per heavy atom. The van der Waals surface area contributed by atoms with Crippen LogP contribution in [0.4, 0.5) is 0 Å². The average Bonchev–Trinajstić information content (AvgIpc) is 2.08. The van der Waals surface area contributed by atoms with Gasteiger partial charge in [-0.3, -0.25) is 4.79 Å². The van der Waals surface area contributed by atoms with Gasteiger partial charge in [0.1, 0.15) is 0 Å². The Labute approximate surface area is 93.1 Å². The lowest BCUT2D eigenvalue weighted by Gasteiger charge is -2.00. The number of carbonyl (C=O) groups is 1. The van der Waals surface area contributed by atoms with Crippen LogP contribution in [0, 0.1) is 3.57 Å². The van der Waals surface area contributed by atoms with Gasteiger partial charge in [-0.05, 0) is 56.7 Å². The van der Waals surface area contributed by atoms with Gasteiger partial charge in [0.05, 0.1) is 0 Å². The molecular formula is C9H6BrIO. The number of halogens is 2. The van der Waals surface area contributed by atoms with Gasteiger partial charge in [0.2, 0.25) is 0 Å². The Balaban J connectivity index is 3.25. The zero-order chi connectivity index (χ0) is 9.14. The Kier molecular flexibility index (Phi) is 3.46. The Bertz CT molecular complexity index is 333. The predicted octanol–water partition coefficient (Wildman–Crippen LogP) is 3.42. The lowest BCUT2D eigenvalue weighted by molar-refractivity contribution is 0.104. The van der Waals surface area contributed by atoms with Crippen LogP contribution in [-0.4, -0.2) is 5.78 Å². The van der Waals surface area contributed by atoms with E-state index in [1.54, 1.807) is 6.07 Å². The van der Waals surface area contributed by atoms with E-state index in [4.69, 9.17) is 0 Å². The van der Waals surface area contributed by atoms with Gasteiger partial charge in [0.25, 0.3) is 0 Å². The highest BCUT2D eigenvalue weighted by atomic mass is 127. The minimum Gasteiger partial charge on any atom is -0.289 e. The number of benzene rings is 1. The van der Waals surface area contributed by atoms with E-state index in [2.05, 4.69) is 45.1 Å². The number of rotatable bonds is 2. The van der Waals surface area contributed by atoms with Crippen LogP contribution in [0.15, 0.2) is 35.3 Å². The van der Waals surface area contributed by atoms with Crippen molar-refractivity contribution in [2.75, 3.05) is 0 Å². The van der Waals surface area contributed by atoms with Gasteiger partial charge in [-0.25, -0.2) is 0 Å². The minimum absolute atomic E-state index is 0.0410. The molecule has 0 aliphatic rings. The van der Waals surface area contributed by atoms with Gasteiger partial charge in [-0.2, -0.15) is 0 Å². The molecule has 0 amide bonds. The minimum atomic E-state index is -0.0410. The second-order valence-electron chi connectivity index (χ2n) is 2.17. The van der Waals surface area contributed by atoms with Gasteiger partial charge < -0.3 is 0 Å². The molecule has 0 aromatic heterocycles. The van der Waals surface area contributed by atoms with E-state index in [9.17, 15) is 4.79 Å². The van der Waals surface area contributed by atoms with Gasteiger partial charge >= 0.3 is 0 Å². The van der Waals surface area contributed by atoms with Gasteiger partial charge in [-0.15, -0.1) is 0 Å². The van der Waals surface area contributed by atoms with Crippen LogP contribution in [0.1, 0.15) is 10.4 Å². The summed E-state index contributed by atoms with van der Waals surface area (Å²) in [5.41, 5.74) is 0.694. The van der Waals surface area contributed by atoms with E-state index in [1.165, 1.54) is 6.08 Å². The summed E-state index contributed by atoms with van der Waals surface area (Å²) in [6.45, 7) is 3.44. The van der Waals surface area contributed by atoms with Crippen LogP contribution in [0.5, 0.6) is 0 Å². The maximum Gasteiger partial charge on any atom is 0.186 e. The molecule has 0 unspecified atom stereocenters. The number of ketones is 1. The molecule has 3 heteroatoms. The first-order valence-corrected chi connectivity index (χ1v) is 5.14. The molecule has 12 heavy (non-hydrogen) atoms. The summed E-state index contributed by atoms with van der Waals surface area (Å²) in [5, 5.41) is 0. The van der Waals surface area contributed by atoms with Crippen molar-refractivity contribution < 1.29 is 4.79 Å². The largest absolute Gasteiger partial charge is 0.289 e. The summed E-state index contributed by atoms with van der Waals surface area (Å²) in [7, 11) is 0. The summed E-state index contributed by atoms with van der Waals surface area (Å²) >= 11 is 5.48. The smallest absolute Gasteiger partial charge is 0.186 e. The molecule has 0 spiro atoms. The first-order valence-electron chi connectivity index (χ1n) is 3.27. The topological polar surface area (TPSA) is 17.1 Å². The second kappa shape index (κ2) is 4.18. The van der Waals surface area contributed by atoms with Crippen LogP contribution >= 0.6 is 38.5 Å². The molecule has 0 atom stereocenters. The Morgan fingerprint density at radius 3 is 2.83 bits per heavy atom. The highest BCUT2D eigenvalue weighted by Crippen LogP contribution is 2.22. The zero-order valence-corrected chi connectivity index (χ0v) is 9.92. The van der Waals surface area contributed by atoms with Crippen molar-refractivity contribution in [3.8, 4) is 0 Å². The van der Waals surface area contributed by atoms with E-state index in [0.29, 0.717) is 5.56 Å². The first kappa shape index (κ1) is 9.92. The first-order chi connectivity index (χ1) is 5.66. The van der Waals surface area contributed by atoms with Crippen LogP contribution < -0.4 is 0 Å². The third kappa shape index (κ3) is 1.95. The number of hydrogen-bond donors (Lipinski definition) is 0. The zero-order valence-electron chi connectivity index (χ0n) is 6.18. The lowest BCUT2D eigenvalue weighted by atomic mass is 10.1. The average molecular weight is 337 g/mol. The number of carbonyl (C=O) groups excluding carboxylic acids is 1. The summed E-state index contributed by atoms with van der Waals surface area (Å²) in [6.07, 6.45) is 1.32. The number of hydrogen-bond acceptors (Lipinski definition) is 1. The molecule has 0 N–H and O–H groups in total. The van der Waals surface area contributed by atoms with E-state index in [1.807, 2.05) is 12.1 Å². The van der Waals surface area contributed by atoms with Crippen molar-refractivity contribution in [3.63, 3.8) is 0 Å². The molecule has 0 radical (unpaired) electrons. The molecule has 0 heterocycles. The fourth-order valence-corrected chi connectivity index (χ4v) is 1.80. The van der Waals surface area contributed by atoms with Crippen LogP contribution in [0.2, 0.25) is 0 Å². The van der Waals surface area contributed by atoms with Crippen molar-refractivity contribution in [3.05, 3.63) is 44.5 Å². The highest BCUT2D eigenvalue weighted by molar-refractivity contribution is 14.1. The van der Waals surface area contributed by atoms with Crippen molar-refractivity contribution >= 4 is 44.3 Å². The third-order valence-corrected chi connectivity index (χ3v) is 3.97. The van der Waals surface area contributed by atoms with Crippen LogP contribution in [0.25, 0.3) is 0 Å². The molecule has 0 saturated heterocycles. The summed E-state index contributed by atoms with van der Waals surface area (Å²) in [5.74, 6) is -0.0410. The van der Waals surface area contributed by atoms with Gasteiger partial charge in [0, 0.05) is 13.6 Å². The Hall–Kier alpha value is -0.160. The fourth-order valence-electron chi connectivity index (χ4n) is 0.804. The summed E-state index contributed by atoms with van der Waals surface area (Å²) in [6, 6.07) is 5.53. The van der Waals surface area contributed by atoms with Crippen LogP contribution in [-0.2, 0) is 0 Å². The maximum absolute atomic E-state index is 11.2. The molecule has 0 aliphatic heterocycles. The molecular weight excluding hydrogens is 331 g/mol. The van der Waals surface area contributed by atoms with E-state index in [0.717, 1.165) is 8.04 Å². The van der Waals surface area contributed by atoms with Crippen molar-refractivity contribution in [1.29, 1.82) is 0 Å². The van der Waals surface area contributed by atoms with E-state index in [-0.39, 0.29) is 5.78 Å². The molecule has 1 rings (SSSR count). The highest BCUT2D eigenvalue weighted by Gasteiger charge is 2.07. The second-order valence-corrected chi connectivity index (χ2v) is 4.10. The molecule has 0 fully saturated rings. The Morgan fingerprint density at radius 2 is 2.25 bits per heavy atom. The summed E-state index contributed by atoms with van der Waals surface area (Å²) < 4.78 is 1.87. The monoisotopic (exact) mass is 336 g/mol. The molecule has 1 aromatic carbocycles. The maximum atomic E-state index is 11.2. The summed E-state index contributed by atoms with van der Waals surface area (Å²) in [4.78, 5) is 11.2. The molecule has 62 valence electrons. The fraction of sp³-hybridized carbons (Fsp3) is 0. The molecule has 0 aliphatic carbocycles. The molecule has 1 aromatic rings. The van der Waals surface area contributed by atoms with Crippen LogP contribution in [0.3, 0.4) is 0 Å². The van der Waals surface area contributed by atoms with Gasteiger partial charge in [0.15, 0.2) is 5.78 Å². The van der Waals surface area contributed by atoms with Crippen molar-refractivity contribution in [1.82, 2.24) is 0 Å². The van der Waals surface area contributed by atoms with Crippen molar-refractivity contribution in [2.45, 2.75) is 0 Å². The normalized spacial score (nSPS) is 9.50. The lowest BCUT2D eigenvalue weighted by Crippen LogP contribution is -1.97. The number of allylic oxidation sites excluding steroid dienone is 1. The molecule has 0 bridgehead atoms. The van der Waals surface area contributed by atoms with Crippen molar-refractivity contribution in [2.24, 2.45) is 0 Å². The predicted molar refractivity (Wildman–Crippen MR) is 61.4 cm³/mol. The van der Waals surface area contributed by atoms with E-state index < -0.39 is 0 Å².